The molecule has 0 spiro atoms. The highest BCUT2D eigenvalue weighted by Crippen LogP contribution is 2.36. The summed E-state index contributed by atoms with van der Waals surface area (Å²) in [5, 5.41) is 221. The Morgan fingerprint density at radius 1 is 0.319 bits per heavy atom. The number of aliphatic hydroxyl groups is 21. The highest BCUT2D eigenvalue weighted by atomic mass is 16.8. The van der Waals surface area contributed by atoms with Gasteiger partial charge in [0.1, 0.15) is 153 Å². The molecular weight excluding hydrogens is 956 g/mol. The third-order valence-electron chi connectivity index (χ3n) is 12.7. The Balaban J connectivity index is 1.25. The van der Waals surface area contributed by atoms with Crippen LogP contribution in [0.5, 0.6) is 0 Å². The molecule has 6 saturated heterocycles. The van der Waals surface area contributed by atoms with Gasteiger partial charge < -0.3 is 159 Å². The van der Waals surface area contributed by atoms with Gasteiger partial charge in [-0.3, -0.25) is 0 Å². The second-order valence-corrected chi connectivity index (χ2v) is 17.3. The summed E-state index contributed by atoms with van der Waals surface area (Å²) in [7, 11) is 0. The number of hydrogen-bond donors (Lipinski definition) is 21. The largest absolute Gasteiger partial charge is 0.394 e. The van der Waals surface area contributed by atoms with E-state index in [1.54, 1.807) is 0 Å². The molecule has 6 aliphatic heterocycles. The molecule has 32 nitrogen and oxygen atoms in total. The first kappa shape index (κ1) is 57.0. The van der Waals surface area contributed by atoms with Crippen LogP contribution in [0.2, 0.25) is 0 Å². The molecule has 0 aliphatic carbocycles. The molecule has 6 unspecified atom stereocenters. The maximum absolute atomic E-state index is 11.7. The lowest BCUT2D eigenvalue weighted by molar-refractivity contribution is -0.399. The molecule has 32 heteroatoms. The summed E-state index contributed by atoms with van der Waals surface area (Å²) in [4.78, 5) is 0. The van der Waals surface area contributed by atoms with Gasteiger partial charge in [0.05, 0.1) is 39.6 Å². The lowest BCUT2D eigenvalue weighted by Gasteiger charge is -2.49. The van der Waals surface area contributed by atoms with Crippen LogP contribution in [0, 0.1) is 0 Å². The van der Waals surface area contributed by atoms with Gasteiger partial charge in [-0.2, -0.15) is 0 Å². The van der Waals surface area contributed by atoms with Crippen LogP contribution in [0.15, 0.2) is 0 Å². The molecule has 0 amide bonds. The Hall–Kier alpha value is -1.28. The van der Waals surface area contributed by atoms with Crippen LogP contribution in [0.1, 0.15) is 0 Å². The van der Waals surface area contributed by atoms with Crippen LogP contribution in [0.4, 0.5) is 0 Å². The fourth-order valence-electron chi connectivity index (χ4n) is 8.50. The molecule has 6 fully saturated rings. The number of aliphatic hydroxyl groups excluding tert-OH is 21. The first-order chi connectivity index (χ1) is 32.6. The van der Waals surface area contributed by atoms with Gasteiger partial charge in [-0.1, -0.05) is 0 Å². The van der Waals surface area contributed by atoms with Crippen molar-refractivity contribution in [3.05, 3.63) is 0 Å². The van der Waals surface area contributed by atoms with Crippen molar-refractivity contribution in [2.45, 2.75) is 190 Å². The van der Waals surface area contributed by atoms with Gasteiger partial charge in [0.25, 0.3) is 0 Å². The predicted molar refractivity (Wildman–Crippen MR) is 205 cm³/mol. The van der Waals surface area contributed by atoms with E-state index in [0.29, 0.717) is 0 Å². The molecule has 31 atom stereocenters. The molecule has 0 aromatic rings. The van der Waals surface area contributed by atoms with Gasteiger partial charge in [0, 0.05) is 0 Å². The first-order valence-electron chi connectivity index (χ1n) is 21.7. The molecule has 21 N–H and O–H groups in total. The van der Waals surface area contributed by atoms with Crippen LogP contribution in [0.3, 0.4) is 0 Å². The zero-order chi connectivity index (χ0) is 50.9. The van der Waals surface area contributed by atoms with E-state index in [2.05, 4.69) is 0 Å². The van der Waals surface area contributed by atoms with E-state index >= 15 is 0 Å². The summed E-state index contributed by atoms with van der Waals surface area (Å²) < 4.78 is 61.0. The Kier molecular flexibility index (Phi) is 20.1. The minimum Gasteiger partial charge on any atom is -0.394 e. The standard InChI is InChI=1S/C37H64O32/c38-1-7(42)28-25(55)30(26(56)32(58)66-28)67-36-27(57)29(17(47)12(65-36)6-60-34-23(53)19(49)14(44)9(3-40)62-34)68-37-31(21(51)15(45)10(4-41)63-37)69-35-24(54)20(50)16(46)11(64-35)5-59-33-22(52)18(48)13(43)8(2-39)61-33/h7-58H,1-6H2/t7-,8+,9+,10+,11+,12+,13+,14-,15+,16+,17+,18-,19-,20-,21-,22+,23+,24+,25+,26-,27+,28+,29-,30-,31+,32?,33?,34?,35?,36?,37?/m0/s1. The van der Waals surface area contributed by atoms with Crippen LogP contribution in [-0.2, 0) is 52.1 Å². The maximum atomic E-state index is 11.7. The zero-order valence-electron chi connectivity index (χ0n) is 36.0. The summed E-state index contributed by atoms with van der Waals surface area (Å²) >= 11 is 0. The zero-order valence-corrected chi connectivity index (χ0v) is 36.0. The Morgan fingerprint density at radius 2 is 0.681 bits per heavy atom. The molecular formula is C37H64O32. The summed E-state index contributed by atoms with van der Waals surface area (Å²) in [5.74, 6) is 0. The molecule has 6 heterocycles. The van der Waals surface area contributed by atoms with Crippen molar-refractivity contribution in [2.24, 2.45) is 0 Å². The first-order valence-corrected chi connectivity index (χ1v) is 21.7. The molecule has 404 valence electrons. The predicted octanol–water partition coefficient (Wildman–Crippen LogP) is -14.7. The Morgan fingerprint density at radius 3 is 1.16 bits per heavy atom. The van der Waals surface area contributed by atoms with Crippen LogP contribution in [-0.4, -0.2) is 337 Å². The number of ether oxygens (including phenoxy) is 11. The van der Waals surface area contributed by atoms with Crippen LogP contribution in [0.25, 0.3) is 0 Å². The molecule has 0 saturated carbocycles. The van der Waals surface area contributed by atoms with E-state index < -0.39 is 230 Å². The molecule has 69 heavy (non-hydrogen) atoms. The highest BCUT2D eigenvalue weighted by molar-refractivity contribution is 4.99. The van der Waals surface area contributed by atoms with E-state index in [1.807, 2.05) is 0 Å². The fourth-order valence-corrected chi connectivity index (χ4v) is 8.50. The lowest BCUT2D eigenvalue weighted by Crippen LogP contribution is -2.68. The Bertz CT molecular complexity index is 1560. The van der Waals surface area contributed by atoms with Crippen molar-refractivity contribution in [1.29, 1.82) is 0 Å². The average Bonchev–Trinajstić information content (AvgIpc) is 3.33. The smallest absolute Gasteiger partial charge is 0.187 e. The van der Waals surface area contributed by atoms with Gasteiger partial charge >= 0.3 is 0 Å². The van der Waals surface area contributed by atoms with Crippen molar-refractivity contribution >= 4 is 0 Å². The van der Waals surface area contributed by atoms with Gasteiger partial charge in [0.2, 0.25) is 0 Å². The molecule has 0 bridgehead atoms. The maximum Gasteiger partial charge on any atom is 0.187 e. The quantitative estimate of drug-likeness (QED) is 0.0643. The van der Waals surface area contributed by atoms with Crippen molar-refractivity contribution in [2.75, 3.05) is 39.6 Å². The molecule has 0 aromatic heterocycles. The summed E-state index contributed by atoms with van der Waals surface area (Å²) in [5.41, 5.74) is 0. The lowest BCUT2D eigenvalue weighted by atomic mass is 9.94. The van der Waals surface area contributed by atoms with E-state index in [-0.39, 0.29) is 0 Å². The third-order valence-corrected chi connectivity index (χ3v) is 12.7. The molecule has 6 aliphatic rings. The third kappa shape index (κ3) is 12.0. The summed E-state index contributed by atoms with van der Waals surface area (Å²) in [6.45, 7) is -5.56. The van der Waals surface area contributed by atoms with E-state index in [0.717, 1.165) is 0 Å². The topological polar surface area (TPSA) is 526 Å². The Labute approximate surface area is 389 Å². The monoisotopic (exact) mass is 1020 g/mol. The van der Waals surface area contributed by atoms with Crippen molar-refractivity contribution in [3.8, 4) is 0 Å². The number of hydrogen-bond acceptors (Lipinski definition) is 32. The van der Waals surface area contributed by atoms with Gasteiger partial charge in [-0.15, -0.1) is 0 Å². The van der Waals surface area contributed by atoms with E-state index in [1.165, 1.54) is 0 Å². The minimum absolute atomic E-state index is 0.832. The van der Waals surface area contributed by atoms with Gasteiger partial charge in [-0.25, -0.2) is 0 Å². The van der Waals surface area contributed by atoms with E-state index in [9.17, 15) is 107 Å². The van der Waals surface area contributed by atoms with Crippen molar-refractivity contribution in [3.63, 3.8) is 0 Å². The van der Waals surface area contributed by atoms with Crippen LogP contribution >= 0.6 is 0 Å². The van der Waals surface area contributed by atoms with Crippen molar-refractivity contribution < 1.29 is 159 Å². The van der Waals surface area contributed by atoms with Crippen LogP contribution < -0.4 is 0 Å². The fraction of sp³-hybridized carbons (Fsp3) is 1.00. The molecule has 0 aromatic carbocycles. The molecule has 6 rings (SSSR count). The van der Waals surface area contributed by atoms with Gasteiger partial charge in [0.15, 0.2) is 37.7 Å². The normalized spacial score (nSPS) is 52.7. The van der Waals surface area contributed by atoms with E-state index in [4.69, 9.17) is 52.1 Å². The second-order valence-electron chi connectivity index (χ2n) is 17.3. The highest BCUT2D eigenvalue weighted by Gasteiger charge is 2.57. The summed E-state index contributed by atoms with van der Waals surface area (Å²) in [6.07, 6.45) is -61.6. The van der Waals surface area contributed by atoms with Gasteiger partial charge in [-0.05, 0) is 0 Å². The summed E-state index contributed by atoms with van der Waals surface area (Å²) in [6, 6.07) is 0. The second kappa shape index (κ2) is 24.4. The SMILES string of the molecule is OC[C@H](O)[C@H]1OC(O)[C@@H](O)[C@@H](OC2O[C@H](COC3O[C@H](CO)[C@H](O)[C@H](O)[C@H]3O)[C@@H](O)[C@H](OC3O[C@H](CO)[C@@H](O)[C@H](O)[C@H]3OC3O[C@H](COC4O[C@H](CO)[C@@H](O)[C@H](O)[C@H]4O)[C@@H](O)[C@H](O)[C@H]3O)[C@H]2O)[C@@H]1O. The van der Waals surface area contributed by atoms with Crippen molar-refractivity contribution in [1.82, 2.24) is 0 Å². The number of rotatable bonds is 17. The average molecular weight is 1020 g/mol. The minimum atomic E-state index is -2.35. The molecule has 0 radical (unpaired) electrons.